The van der Waals surface area contributed by atoms with Gasteiger partial charge >= 0.3 is 0 Å². The molecule has 0 bridgehead atoms. The van der Waals surface area contributed by atoms with E-state index in [2.05, 4.69) is 28.3 Å². The van der Waals surface area contributed by atoms with E-state index >= 15 is 0 Å². The molecule has 1 aliphatic carbocycles. The van der Waals surface area contributed by atoms with Crippen molar-refractivity contribution in [3.8, 4) is 0 Å². The average molecular weight is 287 g/mol. The predicted molar refractivity (Wildman–Crippen MR) is 78.9 cm³/mol. The summed E-state index contributed by atoms with van der Waals surface area (Å²) in [7, 11) is 0. The molecule has 20 heavy (non-hydrogen) atoms. The van der Waals surface area contributed by atoms with Crippen molar-refractivity contribution in [3.63, 3.8) is 0 Å². The van der Waals surface area contributed by atoms with Gasteiger partial charge in [-0.1, -0.05) is 13.0 Å². The summed E-state index contributed by atoms with van der Waals surface area (Å²) in [5.74, 6) is -0.0906. The maximum absolute atomic E-state index is 12.2. The first-order chi connectivity index (χ1) is 9.78. The van der Waals surface area contributed by atoms with E-state index in [1.807, 2.05) is 11.4 Å². The molecule has 2 aromatic heterocycles. The standard InChI is InChI=1S/C15H17N3OS/c1-2-4-13-17-12(9-20-13)15(19)18-11-7-6-10-5-3-8-16-14(10)11/h3,5,8-9,11H,2,4,6-7H2,1H3,(H,18,19). The van der Waals surface area contributed by atoms with E-state index < -0.39 is 0 Å². The minimum atomic E-state index is -0.0906. The molecular formula is C15H17N3OS. The van der Waals surface area contributed by atoms with Crippen molar-refractivity contribution in [1.29, 1.82) is 0 Å². The van der Waals surface area contributed by atoms with Gasteiger partial charge in [0.25, 0.3) is 5.91 Å². The smallest absolute Gasteiger partial charge is 0.271 e. The highest BCUT2D eigenvalue weighted by atomic mass is 32.1. The maximum Gasteiger partial charge on any atom is 0.271 e. The Morgan fingerprint density at radius 1 is 1.55 bits per heavy atom. The Morgan fingerprint density at radius 2 is 2.45 bits per heavy atom. The molecule has 5 heteroatoms. The normalized spacial score (nSPS) is 16.9. The molecule has 0 aromatic carbocycles. The van der Waals surface area contributed by atoms with Gasteiger partial charge in [0.1, 0.15) is 5.69 Å². The number of carbonyl (C=O) groups is 1. The van der Waals surface area contributed by atoms with Gasteiger partial charge < -0.3 is 5.32 Å². The second-order valence-electron chi connectivity index (χ2n) is 4.99. The molecule has 1 amide bonds. The molecule has 1 unspecified atom stereocenters. The van der Waals surface area contributed by atoms with Crippen LogP contribution in [0.2, 0.25) is 0 Å². The molecular weight excluding hydrogens is 270 g/mol. The fourth-order valence-electron chi connectivity index (χ4n) is 2.53. The van der Waals surface area contributed by atoms with E-state index in [1.54, 1.807) is 17.5 Å². The Morgan fingerprint density at radius 3 is 3.30 bits per heavy atom. The highest BCUT2D eigenvalue weighted by Crippen LogP contribution is 2.29. The lowest BCUT2D eigenvalue weighted by Gasteiger charge is -2.11. The SMILES string of the molecule is CCCc1nc(C(=O)NC2CCc3cccnc32)cs1. The number of rotatable bonds is 4. The molecule has 2 aromatic rings. The van der Waals surface area contributed by atoms with Crippen molar-refractivity contribution in [2.45, 2.75) is 38.6 Å². The molecule has 1 atom stereocenters. The molecule has 4 nitrogen and oxygen atoms in total. The summed E-state index contributed by atoms with van der Waals surface area (Å²) in [5.41, 5.74) is 2.77. The van der Waals surface area contributed by atoms with Crippen LogP contribution in [0.25, 0.3) is 0 Å². The number of thiazole rings is 1. The van der Waals surface area contributed by atoms with Crippen molar-refractivity contribution in [3.05, 3.63) is 45.7 Å². The predicted octanol–water partition coefficient (Wildman–Crippen LogP) is 2.91. The van der Waals surface area contributed by atoms with E-state index in [9.17, 15) is 4.79 Å². The maximum atomic E-state index is 12.2. The van der Waals surface area contributed by atoms with Gasteiger partial charge in [-0.05, 0) is 37.3 Å². The third-order valence-corrected chi connectivity index (χ3v) is 4.42. The van der Waals surface area contributed by atoms with Crippen LogP contribution in [0.1, 0.15) is 52.6 Å². The van der Waals surface area contributed by atoms with Gasteiger partial charge in [0.15, 0.2) is 0 Å². The Kier molecular flexibility index (Phi) is 3.78. The van der Waals surface area contributed by atoms with Crippen LogP contribution < -0.4 is 5.32 Å². The van der Waals surface area contributed by atoms with Crippen molar-refractivity contribution in [2.75, 3.05) is 0 Å². The fraction of sp³-hybridized carbons (Fsp3) is 0.400. The van der Waals surface area contributed by atoms with E-state index in [-0.39, 0.29) is 11.9 Å². The first kappa shape index (κ1) is 13.2. The van der Waals surface area contributed by atoms with E-state index in [0.29, 0.717) is 5.69 Å². The van der Waals surface area contributed by atoms with Crippen LogP contribution in [0.5, 0.6) is 0 Å². The van der Waals surface area contributed by atoms with Gasteiger partial charge in [-0.2, -0.15) is 0 Å². The molecule has 1 N–H and O–H groups in total. The van der Waals surface area contributed by atoms with Crippen molar-refractivity contribution in [1.82, 2.24) is 15.3 Å². The number of aromatic nitrogens is 2. The summed E-state index contributed by atoms with van der Waals surface area (Å²) in [6.07, 6.45) is 5.67. The average Bonchev–Trinajstić information content (AvgIpc) is 3.07. The second kappa shape index (κ2) is 5.71. The van der Waals surface area contributed by atoms with Crippen LogP contribution in [-0.2, 0) is 12.8 Å². The van der Waals surface area contributed by atoms with Gasteiger partial charge in [0.05, 0.1) is 16.7 Å². The number of hydrogen-bond acceptors (Lipinski definition) is 4. The number of carbonyl (C=O) groups excluding carboxylic acids is 1. The van der Waals surface area contributed by atoms with E-state index in [4.69, 9.17) is 0 Å². The lowest BCUT2D eigenvalue weighted by Crippen LogP contribution is -2.27. The molecule has 0 aliphatic heterocycles. The number of pyridine rings is 1. The van der Waals surface area contributed by atoms with Crippen LogP contribution in [0.4, 0.5) is 0 Å². The quantitative estimate of drug-likeness (QED) is 0.940. The number of amides is 1. The van der Waals surface area contributed by atoms with Crippen LogP contribution in [-0.4, -0.2) is 15.9 Å². The summed E-state index contributed by atoms with van der Waals surface area (Å²) in [5, 5.41) is 5.92. The molecule has 3 rings (SSSR count). The first-order valence-electron chi connectivity index (χ1n) is 6.97. The molecule has 2 heterocycles. The minimum absolute atomic E-state index is 0.0232. The highest BCUT2D eigenvalue weighted by Gasteiger charge is 2.25. The third-order valence-electron chi connectivity index (χ3n) is 3.51. The molecule has 0 saturated carbocycles. The lowest BCUT2D eigenvalue weighted by molar-refractivity contribution is 0.0931. The van der Waals surface area contributed by atoms with E-state index in [0.717, 1.165) is 36.4 Å². The lowest BCUT2D eigenvalue weighted by atomic mass is 10.2. The number of hydrogen-bond donors (Lipinski definition) is 1. The Hall–Kier alpha value is -1.75. The molecule has 1 aliphatic rings. The minimum Gasteiger partial charge on any atom is -0.342 e. The van der Waals surface area contributed by atoms with Crippen LogP contribution in [0.15, 0.2) is 23.7 Å². The zero-order chi connectivity index (χ0) is 13.9. The second-order valence-corrected chi connectivity index (χ2v) is 5.93. The highest BCUT2D eigenvalue weighted by molar-refractivity contribution is 7.09. The topological polar surface area (TPSA) is 54.9 Å². The van der Waals surface area contributed by atoms with Gasteiger partial charge in [-0.15, -0.1) is 11.3 Å². The summed E-state index contributed by atoms with van der Waals surface area (Å²) >= 11 is 1.56. The van der Waals surface area contributed by atoms with Crippen molar-refractivity contribution < 1.29 is 4.79 Å². The van der Waals surface area contributed by atoms with Crippen molar-refractivity contribution >= 4 is 17.2 Å². The zero-order valence-corrected chi connectivity index (χ0v) is 12.2. The summed E-state index contributed by atoms with van der Waals surface area (Å²) in [6, 6.07) is 4.05. The van der Waals surface area contributed by atoms with E-state index in [1.165, 1.54) is 5.56 Å². The molecule has 0 spiro atoms. The van der Waals surface area contributed by atoms with Gasteiger partial charge in [-0.25, -0.2) is 4.98 Å². The van der Waals surface area contributed by atoms with Crippen LogP contribution in [0.3, 0.4) is 0 Å². The van der Waals surface area contributed by atoms with Gasteiger partial charge in [0, 0.05) is 11.6 Å². The Labute approximate surface area is 122 Å². The Bertz CT molecular complexity index is 623. The van der Waals surface area contributed by atoms with Crippen molar-refractivity contribution in [2.24, 2.45) is 0 Å². The number of aryl methyl sites for hydroxylation is 2. The molecule has 0 radical (unpaired) electrons. The summed E-state index contributed by atoms with van der Waals surface area (Å²) < 4.78 is 0. The number of nitrogens with one attached hydrogen (secondary N) is 1. The third kappa shape index (κ3) is 2.58. The van der Waals surface area contributed by atoms with Gasteiger partial charge in [0.2, 0.25) is 0 Å². The Balaban J connectivity index is 1.70. The fourth-order valence-corrected chi connectivity index (χ4v) is 3.41. The summed E-state index contributed by atoms with van der Waals surface area (Å²) in [4.78, 5) is 21.0. The molecule has 104 valence electrons. The summed E-state index contributed by atoms with van der Waals surface area (Å²) in [6.45, 7) is 2.11. The van der Waals surface area contributed by atoms with Gasteiger partial charge in [-0.3, -0.25) is 9.78 Å². The largest absolute Gasteiger partial charge is 0.342 e. The monoisotopic (exact) mass is 287 g/mol. The zero-order valence-electron chi connectivity index (χ0n) is 11.4. The number of nitrogens with zero attached hydrogens (tertiary/aromatic N) is 2. The van der Waals surface area contributed by atoms with Crippen LogP contribution >= 0.6 is 11.3 Å². The molecule has 0 saturated heterocycles. The first-order valence-corrected chi connectivity index (χ1v) is 7.85. The molecule has 0 fully saturated rings. The number of fused-ring (bicyclic) bond motifs is 1. The van der Waals surface area contributed by atoms with Crippen LogP contribution in [0, 0.1) is 0 Å².